The molecule has 0 aliphatic heterocycles. The molecule has 1 aromatic heterocycles. The third-order valence-electron chi connectivity index (χ3n) is 5.46. The van der Waals surface area contributed by atoms with Crippen molar-refractivity contribution in [1.29, 1.82) is 0 Å². The number of amides is 1. The molecular weight excluding hydrogens is 514 g/mol. The summed E-state index contributed by atoms with van der Waals surface area (Å²) in [6, 6.07) is 16.7. The fourth-order valence-corrected chi connectivity index (χ4v) is 4.24. The number of benzene rings is 3. The van der Waals surface area contributed by atoms with Gasteiger partial charge in [0.25, 0.3) is 5.91 Å². The molecule has 4 rings (SSSR count). The maximum absolute atomic E-state index is 14.5. The molecule has 1 amide bonds. The van der Waals surface area contributed by atoms with Crippen molar-refractivity contribution in [1.82, 2.24) is 4.98 Å². The Kier molecular flexibility index (Phi) is 8.12. The molecular formula is C28H22F2N2O5S. The number of carbonyl (C=O) groups excluding carboxylic acids is 1. The second kappa shape index (κ2) is 11.7. The van der Waals surface area contributed by atoms with Crippen LogP contribution in [0.3, 0.4) is 0 Å². The van der Waals surface area contributed by atoms with E-state index in [2.05, 4.69) is 10.3 Å². The van der Waals surface area contributed by atoms with Gasteiger partial charge in [0.1, 0.15) is 18.2 Å². The second-order valence-corrected chi connectivity index (χ2v) is 8.95. The highest BCUT2D eigenvalue weighted by atomic mass is 32.1. The van der Waals surface area contributed by atoms with Gasteiger partial charge in [-0.15, -0.1) is 11.3 Å². The number of nitrogens with zero attached hydrogens (tertiary/aromatic N) is 1. The van der Waals surface area contributed by atoms with Crippen LogP contribution in [0.1, 0.15) is 28.4 Å². The smallest absolute Gasteiger partial charge is 0.331 e. The summed E-state index contributed by atoms with van der Waals surface area (Å²) in [6.07, 6.45) is 0.868. The van der Waals surface area contributed by atoms with Crippen LogP contribution < -0.4 is 14.8 Å². The largest absolute Gasteiger partial charge is 0.492 e. The molecule has 0 unspecified atom stereocenters. The number of para-hydroxylation sites is 1. The van der Waals surface area contributed by atoms with Gasteiger partial charge in [-0.05, 0) is 42.8 Å². The number of nitrogens with one attached hydrogen (secondary N) is 1. The molecule has 4 aromatic rings. The number of aromatic nitrogens is 1. The van der Waals surface area contributed by atoms with Crippen LogP contribution in [0, 0.1) is 11.6 Å². The number of ether oxygens (including phenoxy) is 2. The van der Waals surface area contributed by atoms with E-state index in [-0.39, 0.29) is 16.3 Å². The molecule has 0 saturated heterocycles. The average Bonchev–Trinajstić information content (AvgIpc) is 3.37. The lowest BCUT2D eigenvalue weighted by Gasteiger charge is -2.13. The van der Waals surface area contributed by atoms with Crippen molar-refractivity contribution in [2.75, 3.05) is 12.4 Å². The molecule has 38 heavy (non-hydrogen) atoms. The van der Waals surface area contributed by atoms with Gasteiger partial charge in [0.15, 0.2) is 16.6 Å². The number of carbonyl (C=O) groups is 2. The Morgan fingerprint density at radius 3 is 2.45 bits per heavy atom. The SMILES string of the molecule is COc1c(OCc2ccccc2)cccc1-c1csc(NC(=O)c2cc(F)c(C=C(C)C(=O)O)c(F)c2)n1. The number of anilines is 1. The van der Waals surface area contributed by atoms with Crippen LogP contribution in [0.25, 0.3) is 17.3 Å². The molecule has 0 radical (unpaired) electrons. The normalized spacial score (nSPS) is 11.2. The van der Waals surface area contributed by atoms with Crippen molar-refractivity contribution in [3.8, 4) is 22.8 Å². The molecule has 2 N–H and O–H groups in total. The van der Waals surface area contributed by atoms with Gasteiger partial charge in [-0.25, -0.2) is 18.6 Å². The van der Waals surface area contributed by atoms with E-state index in [0.717, 1.165) is 35.1 Å². The molecule has 194 valence electrons. The van der Waals surface area contributed by atoms with Crippen molar-refractivity contribution in [2.45, 2.75) is 13.5 Å². The highest BCUT2D eigenvalue weighted by Gasteiger charge is 2.18. The van der Waals surface area contributed by atoms with Gasteiger partial charge >= 0.3 is 5.97 Å². The predicted molar refractivity (Wildman–Crippen MR) is 140 cm³/mol. The van der Waals surface area contributed by atoms with Crippen LogP contribution in [0.5, 0.6) is 11.5 Å². The monoisotopic (exact) mass is 536 g/mol. The Hall–Kier alpha value is -4.57. The van der Waals surface area contributed by atoms with E-state index in [1.165, 1.54) is 14.0 Å². The first kappa shape index (κ1) is 26.5. The van der Waals surface area contributed by atoms with Gasteiger partial charge in [0.05, 0.1) is 12.8 Å². The summed E-state index contributed by atoms with van der Waals surface area (Å²) in [4.78, 5) is 28.1. The van der Waals surface area contributed by atoms with Gasteiger partial charge < -0.3 is 14.6 Å². The molecule has 1 heterocycles. The van der Waals surface area contributed by atoms with E-state index >= 15 is 0 Å². The fraction of sp³-hybridized carbons (Fsp3) is 0.107. The number of methoxy groups -OCH3 is 1. The Morgan fingerprint density at radius 1 is 1.08 bits per heavy atom. The van der Waals surface area contributed by atoms with Crippen molar-refractivity contribution in [3.63, 3.8) is 0 Å². The van der Waals surface area contributed by atoms with Crippen LogP contribution in [0.15, 0.2) is 71.6 Å². The Labute approximate surface area is 221 Å². The number of carboxylic acid groups (broad SMARTS) is 1. The molecule has 0 aliphatic rings. The molecule has 0 saturated carbocycles. The Morgan fingerprint density at radius 2 is 1.79 bits per heavy atom. The lowest BCUT2D eigenvalue weighted by molar-refractivity contribution is -0.132. The van der Waals surface area contributed by atoms with E-state index in [1.54, 1.807) is 23.6 Å². The zero-order valence-electron chi connectivity index (χ0n) is 20.3. The molecule has 0 bridgehead atoms. The molecule has 0 spiro atoms. The number of thiazole rings is 1. The topological polar surface area (TPSA) is 97.8 Å². The van der Waals surface area contributed by atoms with Crippen LogP contribution in [0.4, 0.5) is 13.9 Å². The zero-order valence-corrected chi connectivity index (χ0v) is 21.1. The minimum absolute atomic E-state index is 0.203. The molecule has 0 aliphatic carbocycles. The first-order valence-corrected chi connectivity index (χ1v) is 12.2. The van der Waals surface area contributed by atoms with Gasteiger partial charge in [-0.3, -0.25) is 10.1 Å². The summed E-state index contributed by atoms with van der Waals surface area (Å²) in [5.41, 5.74) is 1.06. The minimum atomic E-state index is -1.31. The van der Waals surface area contributed by atoms with Crippen LogP contribution in [-0.4, -0.2) is 29.1 Å². The molecule has 3 aromatic carbocycles. The van der Waals surface area contributed by atoms with Crippen LogP contribution in [0.2, 0.25) is 0 Å². The molecule has 0 atom stereocenters. The van der Waals surface area contributed by atoms with Crippen molar-refractivity contribution >= 4 is 34.4 Å². The molecule has 7 nitrogen and oxygen atoms in total. The van der Waals surface area contributed by atoms with E-state index in [9.17, 15) is 18.4 Å². The first-order valence-electron chi connectivity index (χ1n) is 11.3. The Bertz CT molecular complexity index is 1500. The second-order valence-electron chi connectivity index (χ2n) is 8.09. The minimum Gasteiger partial charge on any atom is -0.492 e. The van der Waals surface area contributed by atoms with Gasteiger partial charge in [-0.2, -0.15) is 0 Å². The van der Waals surface area contributed by atoms with Crippen LogP contribution >= 0.6 is 11.3 Å². The number of hydrogen-bond acceptors (Lipinski definition) is 6. The fourth-order valence-electron chi connectivity index (χ4n) is 3.53. The number of rotatable bonds is 9. The van der Waals surface area contributed by atoms with Crippen LogP contribution in [-0.2, 0) is 11.4 Å². The average molecular weight is 537 g/mol. The van der Waals surface area contributed by atoms with E-state index in [0.29, 0.717) is 29.4 Å². The van der Waals surface area contributed by atoms with E-state index in [4.69, 9.17) is 14.6 Å². The third-order valence-corrected chi connectivity index (χ3v) is 6.22. The maximum atomic E-state index is 14.5. The summed E-state index contributed by atoms with van der Waals surface area (Å²) in [7, 11) is 1.52. The van der Waals surface area contributed by atoms with Crippen molar-refractivity contribution in [3.05, 3.63) is 99.9 Å². The number of carboxylic acids is 1. The zero-order chi connectivity index (χ0) is 27.2. The summed E-state index contributed by atoms with van der Waals surface area (Å²) >= 11 is 1.12. The lowest BCUT2D eigenvalue weighted by atomic mass is 10.1. The van der Waals surface area contributed by atoms with Crippen molar-refractivity contribution < 1.29 is 33.0 Å². The summed E-state index contributed by atoms with van der Waals surface area (Å²) in [5.74, 6) is -3.22. The Balaban J connectivity index is 1.52. The number of aliphatic carboxylic acids is 1. The molecule has 0 fully saturated rings. The van der Waals surface area contributed by atoms with E-state index in [1.807, 2.05) is 30.3 Å². The van der Waals surface area contributed by atoms with Crippen molar-refractivity contribution in [2.24, 2.45) is 0 Å². The first-order chi connectivity index (χ1) is 18.3. The third kappa shape index (κ3) is 6.04. The highest BCUT2D eigenvalue weighted by molar-refractivity contribution is 7.14. The number of halogens is 2. The lowest BCUT2D eigenvalue weighted by Crippen LogP contribution is -2.13. The molecule has 10 heteroatoms. The van der Waals surface area contributed by atoms with E-state index < -0.39 is 29.1 Å². The highest BCUT2D eigenvalue weighted by Crippen LogP contribution is 2.39. The standard InChI is InChI=1S/C28H22F2N2O5S/c1-16(27(34)35)11-20-21(29)12-18(13-22(20)30)26(33)32-28-31-23(15-38-28)19-9-6-10-24(25(19)36-2)37-14-17-7-4-3-5-8-17/h3-13,15H,14H2,1-2H3,(H,34,35)(H,31,32,33). The van der Waals surface area contributed by atoms with Gasteiger partial charge in [0, 0.05) is 27.6 Å². The maximum Gasteiger partial charge on any atom is 0.331 e. The quantitative estimate of drug-likeness (QED) is 0.240. The summed E-state index contributed by atoms with van der Waals surface area (Å²) in [5, 5.41) is 13.4. The summed E-state index contributed by atoms with van der Waals surface area (Å²) < 4.78 is 40.4. The van der Waals surface area contributed by atoms with Gasteiger partial charge in [0.2, 0.25) is 0 Å². The number of hydrogen-bond donors (Lipinski definition) is 2. The van der Waals surface area contributed by atoms with Gasteiger partial charge in [-0.1, -0.05) is 36.4 Å². The summed E-state index contributed by atoms with van der Waals surface area (Å²) in [6.45, 7) is 1.55. The predicted octanol–water partition coefficient (Wildman–Crippen LogP) is 6.42.